The number of rotatable bonds is 5. The molecule has 1 aromatic heterocycles. The molecule has 0 aliphatic carbocycles. The van der Waals surface area contributed by atoms with Crippen LogP contribution < -0.4 is 5.73 Å². The summed E-state index contributed by atoms with van der Waals surface area (Å²) in [5.41, 5.74) is 6.84. The van der Waals surface area contributed by atoms with Gasteiger partial charge in [0.25, 0.3) is 0 Å². The fourth-order valence-electron chi connectivity index (χ4n) is 1.82. The quantitative estimate of drug-likeness (QED) is 0.878. The lowest BCUT2D eigenvalue weighted by Crippen LogP contribution is -2.40. The number of carbonyl (C=O) groups is 1. The molecule has 2 N–H and O–H groups in total. The first-order valence-corrected chi connectivity index (χ1v) is 6.08. The van der Waals surface area contributed by atoms with Gasteiger partial charge < -0.3 is 10.6 Å². The standard InChI is InChI=1S/C12H20F2N4O/c1-7(6-15)17(4)11(19)5-10-8(2)16-18(9(10)3)12(13)14/h7,12H,5-6,15H2,1-4H3. The van der Waals surface area contributed by atoms with Crippen LogP contribution in [0.4, 0.5) is 8.78 Å². The summed E-state index contributed by atoms with van der Waals surface area (Å²) in [5, 5.41) is 3.76. The number of amides is 1. The van der Waals surface area contributed by atoms with Crippen LogP contribution in [0.1, 0.15) is 30.4 Å². The van der Waals surface area contributed by atoms with Crippen LogP contribution in [0.15, 0.2) is 0 Å². The molecule has 0 aromatic carbocycles. The van der Waals surface area contributed by atoms with Crippen molar-refractivity contribution in [3.8, 4) is 0 Å². The van der Waals surface area contributed by atoms with Gasteiger partial charge in [0.2, 0.25) is 5.91 Å². The van der Waals surface area contributed by atoms with Crippen LogP contribution in [-0.2, 0) is 11.2 Å². The Bertz CT molecular complexity index is 459. The van der Waals surface area contributed by atoms with Gasteiger partial charge in [0.15, 0.2) is 0 Å². The SMILES string of the molecule is Cc1nn(C(F)F)c(C)c1CC(=O)N(C)C(C)CN. The normalized spacial score (nSPS) is 12.8. The van der Waals surface area contributed by atoms with Crippen LogP contribution in [0.2, 0.25) is 0 Å². The average molecular weight is 274 g/mol. The van der Waals surface area contributed by atoms with E-state index in [-0.39, 0.29) is 18.4 Å². The van der Waals surface area contributed by atoms with Crippen molar-refractivity contribution >= 4 is 5.91 Å². The fraction of sp³-hybridized carbons (Fsp3) is 0.667. The van der Waals surface area contributed by atoms with Crippen molar-refractivity contribution in [2.45, 2.75) is 39.8 Å². The number of halogens is 2. The monoisotopic (exact) mass is 274 g/mol. The van der Waals surface area contributed by atoms with E-state index in [1.54, 1.807) is 20.9 Å². The molecule has 1 amide bonds. The van der Waals surface area contributed by atoms with E-state index >= 15 is 0 Å². The number of nitrogens with two attached hydrogens (primary N) is 1. The van der Waals surface area contributed by atoms with E-state index in [2.05, 4.69) is 5.10 Å². The number of carbonyl (C=O) groups excluding carboxylic acids is 1. The summed E-state index contributed by atoms with van der Waals surface area (Å²) in [5.74, 6) is -0.155. The van der Waals surface area contributed by atoms with E-state index in [9.17, 15) is 13.6 Å². The number of aryl methyl sites for hydroxylation is 1. The van der Waals surface area contributed by atoms with Crippen molar-refractivity contribution in [1.29, 1.82) is 0 Å². The molecule has 1 atom stereocenters. The lowest BCUT2D eigenvalue weighted by Gasteiger charge is -2.23. The molecule has 0 aliphatic rings. The highest BCUT2D eigenvalue weighted by atomic mass is 19.3. The Balaban J connectivity index is 2.91. The molecule has 0 saturated carbocycles. The van der Waals surface area contributed by atoms with Crippen LogP contribution >= 0.6 is 0 Å². The molecule has 0 spiro atoms. The maximum absolute atomic E-state index is 12.7. The molecule has 1 rings (SSSR count). The highest BCUT2D eigenvalue weighted by Gasteiger charge is 2.21. The lowest BCUT2D eigenvalue weighted by atomic mass is 10.1. The number of nitrogens with zero attached hydrogens (tertiary/aromatic N) is 3. The summed E-state index contributed by atoms with van der Waals surface area (Å²) < 4.78 is 26.0. The highest BCUT2D eigenvalue weighted by molar-refractivity contribution is 5.79. The van der Waals surface area contributed by atoms with Gasteiger partial charge in [0.05, 0.1) is 12.1 Å². The zero-order valence-corrected chi connectivity index (χ0v) is 11.7. The van der Waals surface area contributed by atoms with Gasteiger partial charge in [0.1, 0.15) is 0 Å². The predicted molar refractivity (Wildman–Crippen MR) is 67.9 cm³/mol. The van der Waals surface area contributed by atoms with E-state index in [4.69, 9.17) is 5.73 Å². The van der Waals surface area contributed by atoms with Gasteiger partial charge in [-0.25, -0.2) is 4.68 Å². The summed E-state index contributed by atoms with van der Waals surface area (Å²) in [7, 11) is 1.65. The summed E-state index contributed by atoms with van der Waals surface area (Å²) >= 11 is 0. The maximum atomic E-state index is 12.7. The van der Waals surface area contributed by atoms with Crippen molar-refractivity contribution < 1.29 is 13.6 Å². The third kappa shape index (κ3) is 3.28. The number of hydrogen-bond donors (Lipinski definition) is 1. The van der Waals surface area contributed by atoms with Crippen LogP contribution in [0.5, 0.6) is 0 Å². The Morgan fingerprint density at radius 3 is 2.47 bits per heavy atom. The molecular weight excluding hydrogens is 254 g/mol. The number of aromatic nitrogens is 2. The van der Waals surface area contributed by atoms with E-state index < -0.39 is 6.55 Å². The Kier molecular flexibility index (Phi) is 4.99. The second kappa shape index (κ2) is 6.10. The highest BCUT2D eigenvalue weighted by Crippen LogP contribution is 2.20. The molecule has 0 radical (unpaired) electrons. The van der Waals surface area contributed by atoms with Gasteiger partial charge in [-0.15, -0.1) is 0 Å². The first-order valence-electron chi connectivity index (χ1n) is 6.08. The maximum Gasteiger partial charge on any atom is 0.333 e. The Morgan fingerprint density at radius 1 is 1.47 bits per heavy atom. The third-order valence-corrected chi connectivity index (χ3v) is 3.38. The van der Waals surface area contributed by atoms with Crippen LogP contribution in [-0.4, -0.2) is 40.2 Å². The van der Waals surface area contributed by atoms with Crippen LogP contribution in [0, 0.1) is 13.8 Å². The van der Waals surface area contributed by atoms with E-state index in [0.717, 1.165) is 0 Å². The molecule has 1 aromatic rings. The molecule has 0 fully saturated rings. The van der Waals surface area contributed by atoms with Crippen LogP contribution in [0.25, 0.3) is 0 Å². The molecule has 19 heavy (non-hydrogen) atoms. The summed E-state index contributed by atoms with van der Waals surface area (Å²) in [6.45, 7) is 2.67. The Hall–Kier alpha value is -1.50. The van der Waals surface area contributed by atoms with Gasteiger partial charge in [0, 0.05) is 30.9 Å². The molecule has 108 valence electrons. The van der Waals surface area contributed by atoms with Gasteiger partial charge in [-0.3, -0.25) is 4.79 Å². The third-order valence-electron chi connectivity index (χ3n) is 3.38. The second-order valence-corrected chi connectivity index (χ2v) is 4.64. The largest absolute Gasteiger partial charge is 0.341 e. The molecule has 5 nitrogen and oxygen atoms in total. The van der Waals surface area contributed by atoms with E-state index in [0.29, 0.717) is 28.2 Å². The zero-order chi connectivity index (χ0) is 14.7. The smallest absolute Gasteiger partial charge is 0.333 e. The Morgan fingerprint density at radius 2 is 2.05 bits per heavy atom. The molecule has 0 saturated heterocycles. The van der Waals surface area contributed by atoms with Gasteiger partial charge in [-0.05, 0) is 20.8 Å². The van der Waals surface area contributed by atoms with Crippen molar-refractivity contribution in [3.05, 3.63) is 17.0 Å². The minimum Gasteiger partial charge on any atom is -0.341 e. The number of hydrogen-bond acceptors (Lipinski definition) is 3. The molecule has 0 bridgehead atoms. The molecule has 0 aliphatic heterocycles. The number of likely N-dealkylation sites (N-methyl/N-ethyl adjacent to an activating group) is 1. The zero-order valence-electron chi connectivity index (χ0n) is 11.7. The lowest BCUT2D eigenvalue weighted by molar-refractivity contribution is -0.130. The van der Waals surface area contributed by atoms with E-state index in [1.165, 1.54) is 4.90 Å². The molecule has 1 unspecified atom stereocenters. The summed E-state index contributed by atoms with van der Waals surface area (Å²) in [4.78, 5) is 13.6. The van der Waals surface area contributed by atoms with Crippen molar-refractivity contribution in [1.82, 2.24) is 14.7 Å². The van der Waals surface area contributed by atoms with Gasteiger partial charge in [-0.2, -0.15) is 13.9 Å². The topological polar surface area (TPSA) is 64.2 Å². The Labute approximate surface area is 111 Å². The second-order valence-electron chi connectivity index (χ2n) is 4.64. The first kappa shape index (κ1) is 15.6. The number of alkyl halides is 2. The summed E-state index contributed by atoms with van der Waals surface area (Å²) in [6.07, 6.45) is 0.0607. The fourth-order valence-corrected chi connectivity index (χ4v) is 1.82. The summed E-state index contributed by atoms with van der Waals surface area (Å²) in [6, 6.07) is -0.0849. The van der Waals surface area contributed by atoms with Crippen LogP contribution in [0.3, 0.4) is 0 Å². The van der Waals surface area contributed by atoms with Crippen molar-refractivity contribution in [2.24, 2.45) is 5.73 Å². The molecule has 1 heterocycles. The van der Waals surface area contributed by atoms with E-state index in [1.807, 2.05) is 6.92 Å². The van der Waals surface area contributed by atoms with Crippen molar-refractivity contribution in [3.63, 3.8) is 0 Å². The van der Waals surface area contributed by atoms with Gasteiger partial charge >= 0.3 is 6.55 Å². The molecule has 7 heteroatoms. The predicted octanol–water partition coefficient (Wildman–Crippen LogP) is 1.24. The average Bonchev–Trinajstić information content (AvgIpc) is 2.64. The minimum absolute atomic E-state index is 0.0607. The first-order chi connectivity index (χ1) is 8.79. The van der Waals surface area contributed by atoms with Gasteiger partial charge in [-0.1, -0.05) is 0 Å². The minimum atomic E-state index is -2.69. The van der Waals surface area contributed by atoms with Crippen molar-refractivity contribution in [2.75, 3.05) is 13.6 Å². The molecular formula is C12H20F2N4O.